The van der Waals surface area contributed by atoms with E-state index in [0.29, 0.717) is 40.6 Å². The zero-order valence-corrected chi connectivity index (χ0v) is 18.4. The lowest BCUT2D eigenvalue weighted by Gasteiger charge is -2.20. The first kappa shape index (κ1) is 21.7. The molecule has 0 aliphatic carbocycles. The van der Waals surface area contributed by atoms with Gasteiger partial charge in [0, 0.05) is 19.4 Å². The summed E-state index contributed by atoms with van der Waals surface area (Å²) in [6.45, 7) is 2.25. The van der Waals surface area contributed by atoms with Crippen molar-refractivity contribution in [1.82, 2.24) is 14.1 Å². The molecule has 0 bridgehead atoms. The van der Waals surface area contributed by atoms with Gasteiger partial charge in [0.05, 0.1) is 44.3 Å². The van der Waals surface area contributed by atoms with Crippen LogP contribution >= 0.6 is 0 Å². The van der Waals surface area contributed by atoms with E-state index in [0.717, 1.165) is 6.26 Å². The summed E-state index contributed by atoms with van der Waals surface area (Å²) in [6.07, 6.45) is 2.63. The van der Waals surface area contributed by atoms with E-state index in [2.05, 4.69) is 4.98 Å². The van der Waals surface area contributed by atoms with E-state index >= 15 is 0 Å². The highest BCUT2D eigenvalue weighted by Gasteiger charge is 2.26. The molecule has 3 aromatic rings. The zero-order valence-electron chi connectivity index (χ0n) is 17.6. The third-order valence-corrected chi connectivity index (χ3v) is 5.71. The number of hydrogen-bond donors (Lipinski definition) is 0. The maximum Gasteiger partial charge on any atom is 0.330 e. The Labute approximate surface area is 174 Å². The second kappa shape index (κ2) is 8.39. The molecule has 0 aliphatic heterocycles. The van der Waals surface area contributed by atoms with Crippen LogP contribution in [-0.2, 0) is 16.9 Å². The topological polar surface area (TPSA) is 102 Å². The fourth-order valence-corrected chi connectivity index (χ4v) is 4.30. The average Bonchev–Trinajstić information content (AvgIpc) is 2.95. The molecule has 0 radical (unpaired) electrons. The molecule has 0 aliphatic rings. The van der Waals surface area contributed by atoms with Gasteiger partial charge in [-0.3, -0.25) is 9.13 Å². The molecule has 3 rings (SSSR count). The maximum atomic E-state index is 13.1. The number of methoxy groups -OCH3 is 2. The van der Waals surface area contributed by atoms with Crippen molar-refractivity contribution < 1.29 is 22.6 Å². The van der Waals surface area contributed by atoms with Gasteiger partial charge in [-0.15, -0.1) is 0 Å². The van der Waals surface area contributed by atoms with Crippen molar-refractivity contribution in [2.45, 2.75) is 13.0 Å². The molecule has 2 heterocycles. The van der Waals surface area contributed by atoms with Gasteiger partial charge in [-0.1, -0.05) is 6.07 Å². The van der Waals surface area contributed by atoms with Crippen molar-refractivity contribution in [1.29, 1.82) is 0 Å². The van der Waals surface area contributed by atoms with Crippen LogP contribution < -0.4 is 19.9 Å². The maximum absolute atomic E-state index is 13.1. The highest BCUT2D eigenvalue weighted by molar-refractivity contribution is 7.90. The van der Waals surface area contributed by atoms with Gasteiger partial charge in [-0.25, -0.2) is 18.2 Å². The number of imidazole rings is 1. The van der Waals surface area contributed by atoms with Crippen LogP contribution in [0.15, 0.2) is 35.3 Å². The SMILES string of the molecule is CCOc1cc([C@H](CS(C)(=O)=O)n2c(=O)n(C)c3cc(OC)cnc32)ccc1OC. The van der Waals surface area contributed by atoms with Crippen molar-refractivity contribution in [3.63, 3.8) is 0 Å². The fourth-order valence-electron chi connectivity index (χ4n) is 3.38. The molecule has 0 N–H and O–H groups in total. The van der Waals surface area contributed by atoms with Gasteiger partial charge in [0.25, 0.3) is 0 Å². The van der Waals surface area contributed by atoms with Crippen LogP contribution in [0.5, 0.6) is 17.2 Å². The van der Waals surface area contributed by atoms with Gasteiger partial charge in [0.15, 0.2) is 17.1 Å². The quantitative estimate of drug-likeness (QED) is 0.531. The highest BCUT2D eigenvalue weighted by Crippen LogP contribution is 2.33. The minimum atomic E-state index is -3.44. The van der Waals surface area contributed by atoms with E-state index in [9.17, 15) is 13.2 Å². The van der Waals surface area contributed by atoms with Crippen LogP contribution in [-0.4, -0.2) is 55.4 Å². The molecular weight excluding hydrogens is 410 g/mol. The molecule has 1 aromatic carbocycles. The molecule has 0 fully saturated rings. The first-order valence-electron chi connectivity index (χ1n) is 9.29. The molecule has 0 saturated carbocycles. The number of aryl methyl sites for hydroxylation is 1. The largest absolute Gasteiger partial charge is 0.495 e. The van der Waals surface area contributed by atoms with Crippen LogP contribution in [0.25, 0.3) is 11.2 Å². The number of nitrogens with zero attached hydrogens (tertiary/aromatic N) is 3. The lowest BCUT2D eigenvalue weighted by Crippen LogP contribution is -2.31. The van der Waals surface area contributed by atoms with Gasteiger partial charge in [0.1, 0.15) is 15.6 Å². The molecule has 10 heteroatoms. The van der Waals surface area contributed by atoms with Gasteiger partial charge in [0.2, 0.25) is 0 Å². The predicted molar refractivity (Wildman–Crippen MR) is 114 cm³/mol. The molecule has 2 aromatic heterocycles. The summed E-state index contributed by atoms with van der Waals surface area (Å²) in [5.74, 6) is 1.21. The number of sulfone groups is 1. The van der Waals surface area contributed by atoms with Crippen molar-refractivity contribution in [2.75, 3.05) is 32.8 Å². The minimum absolute atomic E-state index is 0.280. The number of benzene rings is 1. The van der Waals surface area contributed by atoms with Crippen LogP contribution in [0.3, 0.4) is 0 Å². The van der Waals surface area contributed by atoms with E-state index in [1.54, 1.807) is 31.3 Å². The molecule has 0 amide bonds. The lowest BCUT2D eigenvalue weighted by molar-refractivity contribution is 0.310. The van der Waals surface area contributed by atoms with Crippen molar-refractivity contribution in [3.05, 3.63) is 46.5 Å². The Kier molecular flexibility index (Phi) is 6.06. The van der Waals surface area contributed by atoms with E-state index in [4.69, 9.17) is 14.2 Å². The lowest BCUT2D eigenvalue weighted by atomic mass is 10.1. The summed E-state index contributed by atoms with van der Waals surface area (Å²) in [5, 5.41) is 0. The smallest absolute Gasteiger partial charge is 0.330 e. The molecule has 0 saturated heterocycles. The van der Waals surface area contributed by atoms with Crippen molar-refractivity contribution >= 4 is 21.0 Å². The van der Waals surface area contributed by atoms with Gasteiger partial charge in [-0.05, 0) is 24.6 Å². The summed E-state index contributed by atoms with van der Waals surface area (Å²) in [7, 11) is 1.20. The summed E-state index contributed by atoms with van der Waals surface area (Å²) < 4.78 is 43.5. The molecular formula is C20H25N3O6S. The number of ether oxygens (including phenoxy) is 3. The van der Waals surface area contributed by atoms with Gasteiger partial charge in [-0.2, -0.15) is 0 Å². The Morgan fingerprint density at radius 2 is 1.87 bits per heavy atom. The van der Waals surface area contributed by atoms with Crippen LogP contribution in [0.2, 0.25) is 0 Å². The molecule has 162 valence electrons. The van der Waals surface area contributed by atoms with Crippen LogP contribution in [0.1, 0.15) is 18.5 Å². The summed E-state index contributed by atoms with van der Waals surface area (Å²) in [5.41, 5.74) is 1.12. The highest BCUT2D eigenvalue weighted by atomic mass is 32.2. The molecule has 0 spiro atoms. The van der Waals surface area contributed by atoms with Crippen LogP contribution in [0.4, 0.5) is 0 Å². The van der Waals surface area contributed by atoms with Gasteiger partial charge >= 0.3 is 5.69 Å². The van der Waals surface area contributed by atoms with Gasteiger partial charge < -0.3 is 14.2 Å². The molecule has 1 atom stereocenters. The second-order valence-corrected chi connectivity index (χ2v) is 9.07. The normalized spacial score (nSPS) is 12.7. The number of rotatable bonds is 8. The number of aromatic nitrogens is 3. The summed E-state index contributed by atoms with van der Waals surface area (Å²) in [6, 6.07) is 6.01. The second-order valence-electron chi connectivity index (χ2n) is 6.88. The fraction of sp³-hybridized carbons (Fsp3) is 0.400. The average molecular weight is 436 g/mol. The monoisotopic (exact) mass is 435 g/mol. The Bertz CT molecular complexity index is 1230. The summed E-state index contributed by atoms with van der Waals surface area (Å²) in [4.78, 5) is 17.5. The van der Waals surface area contributed by atoms with Crippen molar-refractivity contribution in [2.24, 2.45) is 7.05 Å². The first-order chi connectivity index (χ1) is 14.2. The third kappa shape index (κ3) is 4.13. The first-order valence-corrected chi connectivity index (χ1v) is 11.4. The number of hydrogen-bond acceptors (Lipinski definition) is 7. The standard InChI is InChI=1S/C20H25N3O6S/c1-6-29-18-9-13(7-8-17(18)28-4)16(12-30(5,25)26)23-19-15(22(2)20(23)24)10-14(27-3)11-21-19/h7-11,16H,6,12H2,1-5H3/t16-/m0/s1. The Balaban J connectivity index is 2.28. The molecule has 30 heavy (non-hydrogen) atoms. The predicted octanol–water partition coefficient (Wildman–Crippen LogP) is 1.78. The van der Waals surface area contributed by atoms with Crippen LogP contribution in [0, 0.1) is 0 Å². The van der Waals surface area contributed by atoms with E-state index < -0.39 is 15.9 Å². The summed E-state index contributed by atoms with van der Waals surface area (Å²) >= 11 is 0. The number of fused-ring (bicyclic) bond motifs is 1. The van der Waals surface area contributed by atoms with E-state index in [1.165, 1.54) is 29.6 Å². The minimum Gasteiger partial charge on any atom is -0.495 e. The van der Waals surface area contributed by atoms with E-state index in [-0.39, 0.29) is 11.4 Å². The van der Waals surface area contributed by atoms with E-state index in [1.807, 2.05) is 6.92 Å². The Morgan fingerprint density at radius 3 is 2.47 bits per heavy atom. The Hall–Kier alpha value is -3.01. The molecule has 9 nitrogen and oxygen atoms in total. The van der Waals surface area contributed by atoms with Crippen molar-refractivity contribution in [3.8, 4) is 17.2 Å². The number of pyridine rings is 1. The zero-order chi connectivity index (χ0) is 22.1. The Morgan fingerprint density at radius 1 is 1.13 bits per heavy atom. The molecule has 0 unspecified atom stereocenters. The third-order valence-electron chi connectivity index (χ3n) is 4.78.